The second kappa shape index (κ2) is 12.0. The molecule has 1 saturated heterocycles. The molecule has 7 nitrogen and oxygen atoms in total. The lowest BCUT2D eigenvalue weighted by molar-refractivity contribution is -0.125. The minimum atomic E-state index is -0.187. The number of benzene rings is 2. The number of amides is 3. The van der Waals surface area contributed by atoms with Crippen LogP contribution >= 0.6 is 11.6 Å². The third-order valence-electron chi connectivity index (χ3n) is 5.15. The topological polar surface area (TPSA) is 71.1 Å². The van der Waals surface area contributed by atoms with Crippen molar-refractivity contribution >= 4 is 35.3 Å². The third kappa shape index (κ3) is 7.02. The van der Waals surface area contributed by atoms with Crippen LogP contribution < -0.4 is 14.8 Å². The maximum absolute atomic E-state index is 12.7. The summed E-state index contributed by atoms with van der Waals surface area (Å²) in [6.07, 6.45) is 5.66. The van der Waals surface area contributed by atoms with E-state index in [0.717, 1.165) is 5.56 Å². The first-order chi connectivity index (χ1) is 16.0. The number of carbonyl (C=O) groups excluding carboxylic acids is 2. The summed E-state index contributed by atoms with van der Waals surface area (Å²) in [5.74, 6) is 1.11. The van der Waals surface area contributed by atoms with E-state index < -0.39 is 0 Å². The van der Waals surface area contributed by atoms with Crippen molar-refractivity contribution in [3.8, 4) is 11.5 Å². The van der Waals surface area contributed by atoms with Gasteiger partial charge in [-0.3, -0.25) is 4.79 Å². The highest BCUT2D eigenvalue weighted by atomic mass is 35.5. The van der Waals surface area contributed by atoms with Crippen molar-refractivity contribution in [2.75, 3.05) is 45.2 Å². The number of urea groups is 1. The van der Waals surface area contributed by atoms with Crippen molar-refractivity contribution < 1.29 is 19.1 Å². The average molecular weight is 470 g/mol. The zero-order valence-corrected chi connectivity index (χ0v) is 19.4. The van der Waals surface area contributed by atoms with Gasteiger partial charge in [0.05, 0.1) is 7.11 Å². The summed E-state index contributed by atoms with van der Waals surface area (Å²) in [4.78, 5) is 28.8. The van der Waals surface area contributed by atoms with Crippen LogP contribution in [-0.4, -0.2) is 61.6 Å². The van der Waals surface area contributed by atoms with Crippen molar-refractivity contribution in [3.05, 3.63) is 71.8 Å². The van der Waals surface area contributed by atoms with E-state index in [4.69, 9.17) is 21.1 Å². The van der Waals surface area contributed by atoms with Gasteiger partial charge < -0.3 is 24.6 Å². The smallest absolute Gasteiger partial charge is 0.321 e. The predicted octanol–water partition coefficient (Wildman–Crippen LogP) is 4.69. The van der Waals surface area contributed by atoms with Crippen LogP contribution in [0.4, 0.5) is 10.5 Å². The molecule has 2 aromatic carbocycles. The Labute approximate surface area is 199 Å². The molecule has 1 heterocycles. The van der Waals surface area contributed by atoms with Gasteiger partial charge in [-0.25, -0.2) is 4.79 Å². The van der Waals surface area contributed by atoms with E-state index in [1.807, 2.05) is 12.1 Å². The van der Waals surface area contributed by atoms with Crippen LogP contribution in [0.3, 0.4) is 0 Å². The van der Waals surface area contributed by atoms with Gasteiger partial charge in [-0.1, -0.05) is 30.3 Å². The molecule has 33 heavy (non-hydrogen) atoms. The number of methoxy groups -OCH3 is 1. The number of nitrogens with zero attached hydrogens (tertiary/aromatic N) is 2. The molecule has 1 aliphatic rings. The number of ether oxygens (including phenoxy) is 2. The maximum atomic E-state index is 12.7. The minimum absolute atomic E-state index is 0.0964. The Morgan fingerprint density at radius 3 is 2.52 bits per heavy atom. The van der Waals surface area contributed by atoms with Crippen molar-refractivity contribution in [1.82, 2.24) is 9.80 Å². The van der Waals surface area contributed by atoms with Gasteiger partial charge in [-0.2, -0.15) is 0 Å². The number of hydrogen-bond acceptors (Lipinski definition) is 4. The monoisotopic (exact) mass is 469 g/mol. The second-order valence-corrected chi connectivity index (χ2v) is 7.88. The lowest BCUT2D eigenvalue weighted by Gasteiger charge is -2.22. The first kappa shape index (κ1) is 24.2. The molecular weight excluding hydrogens is 442 g/mol. The Hall–Kier alpha value is -3.45. The van der Waals surface area contributed by atoms with E-state index in [9.17, 15) is 9.59 Å². The Balaban J connectivity index is 1.55. The first-order valence-electron chi connectivity index (χ1n) is 10.7. The summed E-state index contributed by atoms with van der Waals surface area (Å²) >= 11 is 5.89. The number of anilines is 1. The van der Waals surface area contributed by atoms with Gasteiger partial charge in [0.25, 0.3) is 0 Å². The van der Waals surface area contributed by atoms with Crippen LogP contribution in [-0.2, 0) is 4.79 Å². The van der Waals surface area contributed by atoms with E-state index in [1.54, 1.807) is 65.5 Å². The highest BCUT2D eigenvalue weighted by molar-refractivity contribution is 6.30. The van der Waals surface area contributed by atoms with Gasteiger partial charge in [0.15, 0.2) is 11.5 Å². The Bertz CT molecular complexity index is 1010. The molecule has 0 aliphatic carbocycles. The number of hydrogen-bond donors (Lipinski definition) is 1. The number of carbonyl (C=O) groups is 2. The van der Waals surface area contributed by atoms with E-state index in [0.29, 0.717) is 61.4 Å². The van der Waals surface area contributed by atoms with Gasteiger partial charge in [0, 0.05) is 43.0 Å². The van der Waals surface area contributed by atoms with Crippen LogP contribution in [0, 0.1) is 0 Å². The second-order valence-electron chi connectivity index (χ2n) is 7.45. The molecule has 0 radical (unpaired) electrons. The third-order valence-corrected chi connectivity index (χ3v) is 5.40. The summed E-state index contributed by atoms with van der Waals surface area (Å²) in [5, 5.41) is 3.48. The normalized spacial score (nSPS) is 14.0. The van der Waals surface area contributed by atoms with Crippen molar-refractivity contribution in [3.63, 3.8) is 0 Å². The fraction of sp³-hybridized carbons (Fsp3) is 0.280. The summed E-state index contributed by atoms with van der Waals surface area (Å²) in [5.41, 5.74) is 1.51. The lowest BCUT2D eigenvalue weighted by Crippen LogP contribution is -2.39. The highest BCUT2D eigenvalue weighted by Gasteiger charge is 2.21. The van der Waals surface area contributed by atoms with Crippen molar-refractivity contribution in [1.29, 1.82) is 0 Å². The highest BCUT2D eigenvalue weighted by Crippen LogP contribution is 2.28. The van der Waals surface area contributed by atoms with E-state index in [1.165, 1.54) is 0 Å². The largest absolute Gasteiger partial charge is 0.493 e. The fourth-order valence-electron chi connectivity index (χ4n) is 3.41. The molecule has 1 N–H and O–H groups in total. The summed E-state index contributed by atoms with van der Waals surface area (Å²) in [7, 11) is 1.57. The molecule has 2 aromatic rings. The molecule has 3 rings (SSSR count). The standard InChI is InChI=1S/C25H28ClN3O4/c1-3-17-33-22-11-5-19(18-23(22)32-2)6-12-24(30)28-13-4-14-29(16-15-28)25(31)27-21-9-7-20(26)8-10-21/h3,5-12,18H,1,4,13-17H2,2H3,(H,27,31)/b12-6+. The Kier molecular flexibility index (Phi) is 8.78. The molecule has 1 aliphatic heterocycles. The number of nitrogens with one attached hydrogen (secondary N) is 1. The number of rotatable bonds is 7. The molecule has 0 saturated carbocycles. The van der Waals surface area contributed by atoms with E-state index in [2.05, 4.69) is 11.9 Å². The van der Waals surface area contributed by atoms with Crippen LogP contribution in [0.25, 0.3) is 6.08 Å². The Morgan fingerprint density at radius 1 is 1.06 bits per heavy atom. The molecular formula is C25H28ClN3O4. The molecule has 174 valence electrons. The van der Waals surface area contributed by atoms with Crippen LogP contribution in [0.2, 0.25) is 5.02 Å². The molecule has 0 unspecified atom stereocenters. The van der Waals surface area contributed by atoms with E-state index >= 15 is 0 Å². The Morgan fingerprint density at radius 2 is 1.79 bits per heavy atom. The van der Waals surface area contributed by atoms with Gasteiger partial charge in [-0.15, -0.1) is 0 Å². The summed E-state index contributed by atoms with van der Waals surface area (Å²) < 4.78 is 10.9. The number of halogens is 1. The van der Waals surface area contributed by atoms with Gasteiger partial charge in [-0.05, 0) is 54.5 Å². The maximum Gasteiger partial charge on any atom is 0.321 e. The van der Waals surface area contributed by atoms with Gasteiger partial charge >= 0.3 is 6.03 Å². The predicted molar refractivity (Wildman–Crippen MR) is 131 cm³/mol. The van der Waals surface area contributed by atoms with Crippen LogP contribution in [0.5, 0.6) is 11.5 Å². The fourth-order valence-corrected chi connectivity index (χ4v) is 3.53. The van der Waals surface area contributed by atoms with Gasteiger partial charge in [0.1, 0.15) is 6.61 Å². The molecule has 0 aromatic heterocycles. The average Bonchev–Trinajstić information content (AvgIpc) is 3.09. The zero-order chi connectivity index (χ0) is 23.6. The lowest BCUT2D eigenvalue weighted by atomic mass is 10.2. The van der Waals surface area contributed by atoms with Crippen molar-refractivity contribution in [2.45, 2.75) is 6.42 Å². The van der Waals surface area contributed by atoms with Crippen LogP contribution in [0.1, 0.15) is 12.0 Å². The molecule has 0 atom stereocenters. The zero-order valence-electron chi connectivity index (χ0n) is 18.6. The van der Waals surface area contributed by atoms with Crippen LogP contribution in [0.15, 0.2) is 61.2 Å². The molecule has 8 heteroatoms. The molecule has 3 amide bonds. The molecule has 0 spiro atoms. The van der Waals surface area contributed by atoms with Gasteiger partial charge in [0.2, 0.25) is 5.91 Å². The SMILES string of the molecule is C=CCOc1ccc(/C=C/C(=O)N2CCCN(C(=O)Nc3ccc(Cl)cc3)CC2)cc1OC. The molecule has 1 fully saturated rings. The van der Waals surface area contributed by atoms with E-state index in [-0.39, 0.29) is 11.9 Å². The summed E-state index contributed by atoms with van der Waals surface area (Å²) in [6.45, 7) is 6.11. The van der Waals surface area contributed by atoms with Crippen molar-refractivity contribution in [2.24, 2.45) is 0 Å². The molecule has 0 bridgehead atoms. The minimum Gasteiger partial charge on any atom is -0.493 e. The first-order valence-corrected chi connectivity index (χ1v) is 11.1. The quantitative estimate of drug-likeness (QED) is 0.471. The summed E-state index contributed by atoms with van der Waals surface area (Å²) in [6, 6.07) is 12.2.